The van der Waals surface area contributed by atoms with Gasteiger partial charge in [-0.25, -0.2) is 4.98 Å². The Hall–Kier alpha value is -0.960. The Morgan fingerprint density at radius 2 is 2.12 bits per heavy atom. The van der Waals surface area contributed by atoms with Crippen LogP contribution in [0.2, 0.25) is 0 Å². The quantitative estimate of drug-likeness (QED) is 0.751. The van der Waals surface area contributed by atoms with E-state index in [0.717, 1.165) is 0 Å². The molecule has 1 aliphatic rings. The zero-order chi connectivity index (χ0) is 11.0. The van der Waals surface area contributed by atoms with E-state index in [2.05, 4.69) is 46.3 Å². The summed E-state index contributed by atoms with van der Waals surface area (Å²) in [4.78, 5) is 4.63. The SMILES string of the molecule is Cc1cccc2cnc(C3CCSCC3)n12. The van der Waals surface area contributed by atoms with Crippen LogP contribution in [-0.4, -0.2) is 20.9 Å². The van der Waals surface area contributed by atoms with Crippen LogP contribution in [0.5, 0.6) is 0 Å². The molecular formula is C13H16N2S. The summed E-state index contributed by atoms with van der Waals surface area (Å²) in [6.07, 6.45) is 4.56. The first kappa shape index (κ1) is 10.2. The molecule has 2 aromatic rings. The van der Waals surface area contributed by atoms with E-state index in [-0.39, 0.29) is 0 Å². The molecule has 0 aromatic carbocycles. The molecule has 2 nitrogen and oxygen atoms in total. The van der Waals surface area contributed by atoms with Gasteiger partial charge in [-0.2, -0.15) is 11.8 Å². The molecule has 3 rings (SSSR count). The Bertz CT molecular complexity index is 498. The van der Waals surface area contributed by atoms with Crippen molar-refractivity contribution >= 4 is 17.3 Å². The molecule has 84 valence electrons. The average Bonchev–Trinajstić information content (AvgIpc) is 2.75. The normalized spacial score (nSPS) is 18.1. The maximum absolute atomic E-state index is 4.63. The molecule has 1 saturated heterocycles. The Balaban J connectivity index is 2.09. The van der Waals surface area contributed by atoms with E-state index in [1.807, 2.05) is 6.20 Å². The maximum atomic E-state index is 4.63. The smallest absolute Gasteiger partial charge is 0.116 e. The monoisotopic (exact) mass is 232 g/mol. The Morgan fingerprint density at radius 3 is 2.94 bits per heavy atom. The highest BCUT2D eigenvalue weighted by molar-refractivity contribution is 7.99. The molecule has 16 heavy (non-hydrogen) atoms. The van der Waals surface area contributed by atoms with Gasteiger partial charge in [-0.3, -0.25) is 0 Å². The number of aryl methyl sites for hydroxylation is 1. The van der Waals surface area contributed by atoms with Gasteiger partial charge in [0.15, 0.2) is 0 Å². The Kier molecular flexibility index (Phi) is 2.64. The molecular weight excluding hydrogens is 216 g/mol. The number of hydrogen-bond acceptors (Lipinski definition) is 2. The molecule has 0 saturated carbocycles. The van der Waals surface area contributed by atoms with E-state index in [4.69, 9.17) is 0 Å². The van der Waals surface area contributed by atoms with Crippen LogP contribution in [0.4, 0.5) is 0 Å². The second-order valence-electron chi connectivity index (χ2n) is 4.43. The lowest BCUT2D eigenvalue weighted by molar-refractivity contribution is 0.594. The summed E-state index contributed by atoms with van der Waals surface area (Å²) in [6, 6.07) is 6.41. The van der Waals surface area contributed by atoms with E-state index in [0.29, 0.717) is 5.92 Å². The fraction of sp³-hybridized carbons (Fsp3) is 0.462. The largest absolute Gasteiger partial charge is 0.301 e. The van der Waals surface area contributed by atoms with Gasteiger partial charge in [0, 0.05) is 11.6 Å². The van der Waals surface area contributed by atoms with Crippen molar-refractivity contribution in [1.82, 2.24) is 9.38 Å². The number of rotatable bonds is 1. The molecule has 3 heteroatoms. The molecule has 0 amide bonds. The summed E-state index contributed by atoms with van der Waals surface area (Å²) in [6.45, 7) is 2.16. The van der Waals surface area contributed by atoms with Gasteiger partial charge < -0.3 is 4.40 Å². The molecule has 0 atom stereocenters. The predicted molar refractivity (Wildman–Crippen MR) is 69.2 cm³/mol. The van der Waals surface area contributed by atoms with E-state index in [9.17, 15) is 0 Å². The molecule has 1 aliphatic heterocycles. The molecule has 1 fully saturated rings. The van der Waals surface area contributed by atoms with Gasteiger partial charge in [-0.15, -0.1) is 0 Å². The summed E-state index contributed by atoms with van der Waals surface area (Å²) in [5.41, 5.74) is 2.52. The van der Waals surface area contributed by atoms with Gasteiger partial charge in [0.05, 0.1) is 11.7 Å². The summed E-state index contributed by atoms with van der Waals surface area (Å²) in [5, 5.41) is 0. The number of nitrogens with zero attached hydrogens (tertiary/aromatic N) is 2. The van der Waals surface area contributed by atoms with Gasteiger partial charge >= 0.3 is 0 Å². The molecule has 2 aromatic heterocycles. The number of thioether (sulfide) groups is 1. The molecule has 0 unspecified atom stereocenters. The minimum absolute atomic E-state index is 0.657. The Morgan fingerprint density at radius 1 is 1.31 bits per heavy atom. The third-order valence-corrected chi connectivity index (χ3v) is 4.41. The van der Waals surface area contributed by atoms with Crippen molar-refractivity contribution in [3.8, 4) is 0 Å². The Labute approximate surface area is 100 Å². The van der Waals surface area contributed by atoms with Crippen LogP contribution in [0.25, 0.3) is 5.52 Å². The van der Waals surface area contributed by atoms with Crippen molar-refractivity contribution in [1.29, 1.82) is 0 Å². The minimum Gasteiger partial charge on any atom is -0.301 e. The van der Waals surface area contributed by atoms with Crippen LogP contribution in [-0.2, 0) is 0 Å². The number of hydrogen-bond donors (Lipinski definition) is 0. The van der Waals surface area contributed by atoms with Gasteiger partial charge in [-0.05, 0) is 43.4 Å². The minimum atomic E-state index is 0.657. The summed E-state index contributed by atoms with van der Waals surface area (Å²) >= 11 is 2.07. The van der Waals surface area contributed by atoms with Gasteiger partial charge in [0.1, 0.15) is 5.82 Å². The lowest BCUT2D eigenvalue weighted by Crippen LogP contribution is -2.12. The summed E-state index contributed by atoms with van der Waals surface area (Å²) in [7, 11) is 0. The number of imidazole rings is 1. The fourth-order valence-electron chi connectivity index (χ4n) is 2.49. The molecule has 0 bridgehead atoms. The van der Waals surface area contributed by atoms with E-state index in [1.54, 1.807) is 0 Å². The van der Waals surface area contributed by atoms with Gasteiger partial charge in [-0.1, -0.05) is 6.07 Å². The highest BCUT2D eigenvalue weighted by atomic mass is 32.2. The van der Waals surface area contributed by atoms with E-state index >= 15 is 0 Å². The van der Waals surface area contributed by atoms with Gasteiger partial charge in [0.2, 0.25) is 0 Å². The predicted octanol–water partition coefficient (Wildman–Crippen LogP) is 3.25. The average molecular weight is 232 g/mol. The highest BCUT2D eigenvalue weighted by Gasteiger charge is 2.20. The lowest BCUT2D eigenvalue weighted by atomic mass is 10.0. The molecule has 3 heterocycles. The zero-order valence-corrected chi connectivity index (χ0v) is 10.3. The molecule has 0 aliphatic carbocycles. The van der Waals surface area contributed by atoms with Crippen LogP contribution < -0.4 is 0 Å². The van der Waals surface area contributed by atoms with Crippen LogP contribution in [0.3, 0.4) is 0 Å². The van der Waals surface area contributed by atoms with Crippen molar-refractivity contribution in [2.24, 2.45) is 0 Å². The summed E-state index contributed by atoms with van der Waals surface area (Å²) in [5.74, 6) is 4.50. The second-order valence-corrected chi connectivity index (χ2v) is 5.66. The van der Waals surface area contributed by atoms with Crippen molar-refractivity contribution < 1.29 is 0 Å². The van der Waals surface area contributed by atoms with Crippen LogP contribution in [0.15, 0.2) is 24.4 Å². The first-order chi connectivity index (χ1) is 7.86. The third-order valence-electron chi connectivity index (χ3n) is 3.36. The third kappa shape index (κ3) is 1.63. The van der Waals surface area contributed by atoms with Crippen molar-refractivity contribution in [2.45, 2.75) is 25.7 Å². The van der Waals surface area contributed by atoms with Crippen LogP contribution >= 0.6 is 11.8 Å². The van der Waals surface area contributed by atoms with Gasteiger partial charge in [0.25, 0.3) is 0 Å². The lowest BCUT2D eigenvalue weighted by Gasteiger charge is -2.20. The first-order valence-electron chi connectivity index (χ1n) is 5.87. The number of fused-ring (bicyclic) bond motifs is 1. The molecule has 0 N–H and O–H groups in total. The van der Waals surface area contributed by atoms with Crippen molar-refractivity contribution in [2.75, 3.05) is 11.5 Å². The topological polar surface area (TPSA) is 17.3 Å². The second kappa shape index (κ2) is 4.13. The van der Waals surface area contributed by atoms with E-state index < -0.39 is 0 Å². The number of pyridine rings is 1. The standard InChI is InChI=1S/C13H16N2S/c1-10-3-2-4-12-9-14-13(15(10)12)11-5-7-16-8-6-11/h2-4,9,11H,5-8H2,1H3. The molecule has 0 radical (unpaired) electrons. The van der Waals surface area contributed by atoms with Crippen LogP contribution in [0.1, 0.15) is 30.3 Å². The zero-order valence-electron chi connectivity index (χ0n) is 9.52. The summed E-state index contributed by atoms with van der Waals surface area (Å²) < 4.78 is 2.32. The van der Waals surface area contributed by atoms with Crippen molar-refractivity contribution in [3.05, 3.63) is 35.9 Å². The fourth-order valence-corrected chi connectivity index (χ4v) is 3.59. The maximum Gasteiger partial charge on any atom is 0.116 e. The van der Waals surface area contributed by atoms with E-state index in [1.165, 1.54) is 41.4 Å². The molecule has 0 spiro atoms. The van der Waals surface area contributed by atoms with Crippen molar-refractivity contribution in [3.63, 3.8) is 0 Å². The highest BCUT2D eigenvalue weighted by Crippen LogP contribution is 2.31. The first-order valence-corrected chi connectivity index (χ1v) is 7.02. The number of aromatic nitrogens is 2. The van der Waals surface area contributed by atoms with Crippen LogP contribution in [0, 0.1) is 6.92 Å².